The summed E-state index contributed by atoms with van der Waals surface area (Å²) in [4.78, 5) is 56.6. The summed E-state index contributed by atoms with van der Waals surface area (Å²) < 4.78 is 0. The Balaban J connectivity index is 4.75. The fraction of sp³-hybridized carbons (Fsp3) is 0.643. The first-order valence-electron chi connectivity index (χ1n) is 7.71. The van der Waals surface area contributed by atoms with E-state index in [0.29, 0.717) is 0 Å². The molecule has 0 heterocycles. The minimum atomic E-state index is -1.44. The Morgan fingerprint density at radius 3 is 1.96 bits per heavy atom. The number of carbonyl (C=O) groups is 5. The van der Waals surface area contributed by atoms with Crippen molar-refractivity contribution in [2.45, 2.75) is 50.9 Å². The fourth-order valence-corrected chi connectivity index (χ4v) is 1.76. The molecule has 0 aromatic rings. The van der Waals surface area contributed by atoms with Gasteiger partial charge in [0.25, 0.3) is 0 Å². The molecular formula is C14H24N4O8. The molecule has 0 saturated heterocycles. The Labute approximate surface area is 149 Å². The van der Waals surface area contributed by atoms with Crippen molar-refractivity contribution in [3.63, 3.8) is 0 Å². The van der Waals surface area contributed by atoms with Crippen LogP contribution < -0.4 is 21.7 Å². The highest BCUT2D eigenvalue weighted by atomic mass is 16.4. The van der Waals surface area contributed by atoms with Gasteiger partial charge in [0.2, 0.25) is 17.7 Å². The zero-order valence-electron chi connectivity index (χ0n) is 14.4. The fourth-order valence-electron chi connectivity index (χ4n) is 1.76. The largest absolute Gasteiger partial charge is 0.481 e. The number of amides is 3. The van der Waals surface area contributed by atoms with Gasteiger partial charge in [-0.2, -0.15) is 0 Å². The molecule has 0 aliphatic carbocycles. The maximum Gasteiger partial charge on any atom is 0.322 e. The predicted molar refractivity (Wildman–Crippen MR) is 86.7 cm³/mol. The number of carbonyl (C=O) groups excluding carboxylic acids is 3. The van der Waals surface area contributed by atoms with Crippen molar-refractivity contribution >= 4 is 29.7 Å². The van der Waals surface area contributed by atoms with E-state index in [9.17, 15) is 29.1 Å². The van der Waals surface area contributed by atoms with Crippen LogP contribution in [0.25, 0.3) is 0 Å². The van der Waals surface area contributed by atoms with Crippen molar-refractivity contribution in [1.29, 1.82) is 0 Å². The van der Waals surface area contributed by atoms with E-state index < -0.39 is 60.4 Å². The number of rotatable bonds is 11. The van der Waals surface area contributed by atoms with E-state index in [1.807, 2.05) is 0 Å². The molecule has 4 atom stereocenters. The third kappa shape index (κ3) is 8.94. The van der Waals surface area contributed by atoms with Crippen molar-refractivity contribution in [2.75, 3.05) is 6.54 Å². The summed E-state index contributed by atoms with van der Waals surface area (Å²) >= 11 is 0. The van der Waals surface area contributed by atoms with E-state index in [1.165, 1.54) is 13.8 Å². The second kappa shape index (κ2) is 11.0. The number of nitrogens with one attached hydrogen (secondary N) is 3. The van der Waals surface area contributed by atoms with Crippen LogP contribution in [0.1, 0.15) is 26.7 Å². The van der Waals surface area contributed by atoms with Gasteiger partial charge in [0, 0.05) is 6.42 Å². The van der Waals surface area contributed by atoms with Crippen molar-refractivity contribution in [1.82, 2.24) is 16.0 Å². The van der Waals surface area contributed by atoms with Gasteiger partial charge in [-0.25, -0.2) is 0 Å². The molecule has 0 saturated carbocycles. The maximum absolute atomic E-state index is 12.1. The average molecular weight is 376 g/mol. The van der Waals surface area contributed by atoms with Crippen LogP contribution in [0.15, 0.2) is 0 Å². The Morgan fingerprint density at radius 2 is 1.50 bits per heavy atom. The zero-order chi connectivity index (χ0) is 20.4. The quantitative estimate of drug-likeness (QED) is 0.193. The molecule has 0 aliphatic rings. The van der Waals surface area contributed by atoms with Gasteiger partial charge in [-0.15, -0.1) is 0 Å². The van der Waals surface area contributed by atoms with Crippen molar-refractivity contribution in [3.8, 4) is 0 Å². The highest BCUT2D eigenvalue weighted by Gasteiger charge is 2.29. The van der Waals surface area contributed by atoms with Crippen LogP contribution >= 0.6 is 0 Å². The van der Waals surface area contributed by atoms with Crippen LogP contribution in [-0.4, -0.2) is 75.8 Å². The minimum absolute atomic E-state index is 0.163. The van der Waals surface area contributed by atoms with Crippen molar-refractivity contribution in [2.24, 2.45) is 5.73 Å². The normalized spacial score (nSPS) is 15.1. The first-order valence-corrected chi connectivity index (χ1v) is 7.71. The Morgan fingerprint density at radius 1 is 0.923 bits per heavy atom. The number of hydrogen-bond acceptors (Lipinski definition) is 7. The smallest absolute Gasteiger partial charge is 0.322 e. The molecule has 26 heavy (non-hydrogen) atoms. The second-order valence-electron chi connectivity index (χ2n) is 5.61. The lowest BCUT2D eigenvalue weighted by Crippen LogP contribution is -2.58. The third-order valence-corrected chi connectivity index (χ3v) is 3.23. The van der Waals surface area contributed by atoms with Gasteiger partial charge in [-0.05, 0) is 20.3 Å². The van der Waals surface area contributed by atoms with Crippen LogP contribution in [0.4, 0.5) is 0 Å². The van der Waals surface area contributed by atoms with Crippen molar-refractivity contribution < 1.29 is 39.3 Å². The monoisotopic (exact) mass is 376 g/mol. The SMILES string of the molecule is CC(NC(=O)C(NC(=O)C(N)CCC(=O)O)C(C)O)C(=O)NCC(=O)O. The van der Waals surface area contributed by atoms with Gasteiger partial charge < -0.3 is 37.0 Å². The Bertz CT molecular complexity index is 551. The molecule has 0 aromatic heterocycles. The molecule has 0 aliphatic heterocycles. The maximum atomic E-state index is 12.1. The summed E-state index contributed by atoms with van der Waals surface area (Å²) in [6, 6.07) is -3.76. The first-order chi connectivity index (χ1) is 12.0. The molecule has 0 radical (unpaired) electrons. The van der Waals surface area contributed by atoms with E-state index >= 15 is 0 Å². The van der Waals surface area contributed by atoms with Crippen LogP contribution in [-0.2, 0) is 24.0 Å². The van der Waals surface area contributed by atoms with Crippen LogP contribution in [0, 0.1) is 0 Å². The molecule has 0 aromatic carbocycles. The summed E-state index contributed by atoms with van der Waals surface area (Å²) in [5.74, 6) is -4.90. The van der Waals surface area contributed by atoms with E-state index in [4.69, 9.17) is 15.9 Å². The van der Waals surface area contributed by atoms with Gasteiger partial charge in [0.05, 0.1) is 12.1 Å². The summed E-state index contributed by atoms with van der Waals surface area (Å²) in [5, 5.41) is 33.2. The summed E-state index contributed by atoms with van der Waals surface area (Å²) in [6.45, 7) is 1.88. The number of aliphatic hydroxyl groups excluding tert-OH is 1. The number of carboxylic acids is 2. The molecule has 0 rings (SSSR count). The molecule has 12 nitrogen and oxygen atoms in total. The first kappa shape index (κ1) is 23.3. The molecule has 0 fully saturated rings. The van der Waals surface area contributed by atoms with Gasteiger partial charge in [-0.1, -0.05) is 0 Å². The Kier molecular flexibility index (Phi) is 9.84. The van der Waals surface area contributed by atoms with Gasteiger partial charge in [0.1, 0.15) is 18.6 Å². The van der Waals surface area contributed by atoms with E-state index in [2.05, 4.69) is 16.0 Å². The highest BCUT2D eigenvalue weighted by Crippen LogP contribution is 1.99. The minimum Gasteiger partial charge on any atom is -0.481 e. The zero-order valence-corrected chi connectivity index (χ0v) is 14.4. The summed E-state index contributed by atoms with van der Waals surface area (Å²) in [6.07, 6.45) is -1.84. The lowest BCUT2D eigenvalue weighted by atomic mass is 10.1. The topological polar surface area (TPSA) is 208 Å². The predicted octanol–water partition coefficient (Wildman–Crippen LogP) is -3.25. The van der Waals surface area contributed by atoms with E-state index in [1.54, 1.807) is 0 Å². The Hall–Kier alpha value is -2.73. The molecule has 4 unspecified atom stereocenters. The second-order valence-corrected chi connectivity index (χ2v) is 5.61. The molecule has 0 spiro atoms. The summed E-state index contributed by atoms with van der Waals surface area (Å²) in [5.41, 5.74) is 5.52. The van der Waals surface area contributed by atoms with Crippen LogP contribution in [0.5, 0.6) is 0 Å². The van der Waals surface area contributed by atoms with Crippen molar-refractivity contribution in [3.05, 3.63) is 0 Å². The average Bonchev–Trinajstić information content (AvgIpc) is 2.54. The highest BCUT2D eigenvalue weighted by molar-refractivity contribution is 5.93. The third-order valence-electron chi connectivity index (χ3n) is 3.23. The van der Waals surface area contributed by atoms with E-state index in [0.717, 1.165) is 0 Å². The number of aliphatic carboxylic acids is 2. The standard InChI is InChI=1S/C14H24N4O8/c1-6(12(24)16-5-10(22)23)17-14(26)11(7(2)19)18-13(25)8(15)3-4-9(20)21/h6-8,11,19H,3-5,15H2,1-2H3,(H,16,24)(H,17,26)(H,18,25)(H,20,21)(H,22,23). The number of nitrogens with two attached hydrogens (primary N) is 1. The molecule has 3 amide bonds. The van der Waals surface area contributed by atoms with Gasteiger partial charge in [-0.3, -0.25) is 24.0 Å². The number of hydrogen-bond donors (Lipinski definition) is 7. The van der Waals surface area contributed by atoms with Crippen LogP contribution in [0.3, 0.4) is 0 Å². The van der Waals surface area contributed by atoms with E-state index in [-0.39, 0.29) is 12.8 Å². The molecule has 148 valence electrons. The number of carboxylic acid groups (broad SMARTS) is 2. The molecular weight excluding hydrogens is 352 g/mol. The molecule has 8 N–H and O–H groups in total. The lowest BCUT2D eigenvalue weighted by Gasteiger charge is -2.24. The molecule has 0 bridgehead atoms. The summed E-state index contributed by atoms with van der Waals surface area (Å²) in [7, 11) is 0. The molecule has 12 heteroatoms. The van der Waals surface area contributed by atoms with Gasteiger partial charge in [0.15, 0.2) is 0 Å². The lowest BCUT2D eigenvalue weighted by molar-refractivity contribution is -0.139. The number of aliphatic hydroxyl groups is 1. The van der Waals surface area contributed by atoms with Gasteiger partial charge >= 0.3 is 11.9 Å². The van der Waals surface area contributed by atoms with Crippen LogP contribution in [0.2, 0.25) is 0 Å².